The molecule has 0 aliphatic carbocycles. The lowest BCUT2D eigenvalue weighted by Gasteiger charge is -2.16. The second-order valence-electron chi connectivity index (χ2n) is 4.19. The van der Waals surface area contributed by atoms with Crippen LogP contribution in [0.5, 0.6) is 0 Å². The van der Waals surface area contributed by atoms with E-state index in [2.05, 4.69) is 26.8 Å². The second kappa shape index (κ2) is 6.20. The molecule has 2 aromatic heterocycles. The fraction of sp³-hybridized carbons (Fsp3) is 0.500. The minimum absolute atomic E-state index is 0.272. The molecule has 1 unspecified atom stereocenters. The Morgan fingerprint density at radius 1 is 1.39 bits per heavy atom. The van der Waals surface area contributed by atoms with E-state index in [0.717, 1.165) is 19.0 Å². The van der Waals surface area contributed by atoms with Gasteiger partial charge in [0, 0.05) is 45.0 Å². The average Bonchev–Trinajstić information content (AvgIpc) is 3.00. The molecule has 2 aromatic rings. The molecule has 0 amide bonds. The van der Waals surface area contributed by atoms with Gasteiger partial charge in [-0.3, -0.25) is 0 Å². The number of hydrogen-bond donors (Lipinski definition) is 1. The Hall–Kier alpha value is -1.82. The minimum Gasteiger partial charge on any atom is -0.383 e. The van der Waals surface area contributed by atoms with Crippen molar-refractivity contribution in [1.29, 1.82) is 0 Å². The van der Waals surface area contributed by atoms with Gasteiger partial charge >= 0.3 is 0 Å². The van der Waals surface area contributed by atoms with Crippen molar-refractivity contribution in [3.63, 3.8) is 0 Å². The Kier molecular flexibility index (Phi) is 4.35. The maximum atomic E-state index is 5.16. The minimum atomic E-state index is 0.272. The van der Waals surface area contributed by atoms with E-state index in [1.165, 1.54) is 0 Å². The van der Waals surface area contributed by atoms with E-state index < -0.39 is 0 Å². The summed E-state index contributed by atoms with van der Waals surface area (Å²) in [7, 11) is 1.71. The maximum Gasteiger partial charge on any atom is 0.203 e. The molecule has 1 atom stereocenters. The SMILES string of the molecule is COCC(C)n1ccnc1NCCn1ccnc1. The molecule has 0 spiro atoms. The van der Waals surface area contributed by atoms with Crippen LogP contribution in [0.2, 0.25) is 0 Å². The first-order valence-corrected chi connectivity index (χ1v) is 6.02. The van der Waals surface area contributed by atoms with Crippen molar-refractivity contribution in [3.05, 3.63) is 31.1 Å². The highest BCUT2D eigenvalue weighted by atomic mass is 16.5. The molecule has 0 bridgehead atoms. The fourth-order valence-corrected chi connectivity index (χ4v) is 1.84. The van der Waals surface area contributed by atoms with Crippen LogP contribution in [0.4, 0.5) is 5.95 Å². The van der Waals surface area contributed by atoms with Crippen molar-refractivity contribution in [2.75, 3.05) is 25.6 Å². The van der Waals surface area contributed by atoms with Gasteiger partial charge in [-0.25, -0.2) is 9.97 Å². The van der Waals surface area contributed by atoms with E-state index >= 15 is 0 Å². The van der Waals surface area contributed by atoms with E-state index in [9.17, 15) is 0 Å². The van der Waals surface area contributed by atoms with Gasteiger partial charge in [-0.15, -0.1) is 0 Å². The third-order valence-corrected chi connectivity index (χ3v) is 2.76. The molecule has 98 valence electrons. The van der Waals surface area contributed by atoms with E-state index in [0.29, 0.717) is 6.61 Å². The van der Waals surface area contributed by atoms with Gasteiger partial charge < -0.3 is 19.2 Å². The number of ether oxygens (including phenoxy) is 1. The van der Waals surface area contributed by atoms with Crippen molar-refractivity contribution < 1.29 is 4.74 Å². The Morgan fingerprint density at radius 3 is 3.00 bits per heavy atom. The lowest BCUT2D eigenvalue weighted by Crippen LogP contribution is -2.17. The molecule has 2 heterocycles. The number of methoxy groups -OCH3 is 1. The van der Waals surface area contributed by atoms with Crippen molar-refractivity contribution in [3.8, 4) is 0 Å². The number of rotatable bonds is 7. The van der Waals surface area contributed by atoms with E-state index in [1.807, 2.05) is 23.3 Å². The summed E-state index contributed by atoms with van der Waals surface area (Å²) in [5.41, 5.74) is 0. The zero-order valence-corrected chi connectivity index (χ0v) is 10.8. The van der Waals surface area contributed by atoms with Gasteiger partial charge in [0.2, 0.25) is 5.95 Å². The molecule has 6 nitrogen and oxygen atoms in total. The predicted octanol–water partition coefficient (Wildman–Crippen LogP) is 1.40. The van der Waals surface area contributed by atoms with Gasteiger partial charge in [-0.2, -0.15) is 0 Å². The van der Waals surface area contributed by atoms with Gasteiger partial charge in [-0.1, -0.05) is 0 Å². The fourth-order valence-electron chi connectivity index (χ4n) is 1.84. The molecule has 0 fully saturated rings. The third-order valence-electron chi connectivity index (χ3n) is 2.76. The lowest BCUT2D eigenvalue weighted by molar-refractivity contribution is 0.163. The van der Waals surface area contributed by atoms with Crippen molar-refractivity contribution in [1.82, 2.24) is 19.1 Å². The van der Waals surface area contributed by atoms with Crippen LogP contribution in [0.1, 0.15) is 13.0 Å². The zero-order chi connectivity index (χ0) is 12.8. The Labute approximate surface area is 107 Å². The highest BCUT2D eigenvalue weighted by Crippen LogP contribution is 2.13. The maximum absolute atomic E-state index is 5.16. The van der Waals surface area contributed by atoms with Crippen LogP contribution in [0.15, 0.2) is 31.1 Å². The van der Waals surface area contributed by atoms with Gasteiger partial charge in [0.05, 0.1) is 19.0 Å². The van der Waals surface area contributed by atoms with E-state index in [-0.39, 0.29) is 6.04 Å². The summed E-state index contributed by atoms with van der Waals surface area (Å²) in [6.45, 7) is 4.46. The van der Waals surface area contributed by atoms with Crippen LogP contribution >= 0.6 is 0 Å². The Bertz CT molecular complexity index is 451. The number of anilines is 1. The van der Waals surface area contributed by atoms with Crippen LogP contribution in [0.3, 0.4) is 0 Å². The molecule has 2 rings (SSSR count). The number of nitrogens with one attached hydrogen (secondary N) is 1. The summed E-state index contributed by atoms with van der Waals surface area (Å²) in [5, 5.41) is 3.32. The summed E-state index contributed by atoms with van der Waals surface area (Å²) in [6.07, 6.45) is 9.29. The second-order valence-corrected chi connectivity index (χ2v) is 4.19. The summed E-state index contributed by atoms with van der Waals surface area (Å²) < 4.78 is 9.26. The first-order chi connectivity index (χ1) is 8.81. The number of aromatic nitrogens is 4. The van der Waals surface area contributed by atoms with Crippen LogP contribution in [0, 0.1) is 0 Å². The summed E-state index contributed by atoms with van der Waals surface area (Å²) in [6, 6.07) is 0.272. The summed E-state index contributed by atoms with van der Waals surface area (Å²) >= 11 is 0. The number of nitrogens with zero attached hydrogens (tertiary/aromatic N) is 4. The predicted molar refractivity (Wildman–Crippen MR) is 69.5 cm³/mol. The summed E-state index contributed by atoms with van der Waals surface area (Å²) in [5.74, 6) is 0.875. The Balaban J connectivity index is 1.87. The molecule has 0 aliphatic heterocycles. The van der Waals surface area contributed by atoms with Crippen molar-refractivity contribution in [2.45, 2.75) is 19.5 Å². The van der Waals surface area contributed by atoms with Gasteiger partial charge in [-0.05, 0) is 6.92 Å². The molecule has 0 saturated carbocycles. The van der Waals surface area contributed by atoms with Gasteiger partial charge in [0.15, 0.2) is 0 Å². The largest absolute Gasteiger partial charge is 0.383 e. The van der Waals surface area contributed by atoms with Crippen LogP contribution in [0.25, 0.3) is 0 Å². The topological polar surface area (TPSA) is 56.9 Å². The van der Waals surface area contributed by atoms with Crippen LogP contribution < -0.4 is 5.32 Å². The van der Waals surface area contributed by atoms with E-state index in [1.54, 1.807) is 19.5 Å². The zero-order valence-electron chi connectivity index (χ0n) is 10.8. The van der Waals surface area contributed by atoms with Crippen LogP contribution in [-0.4, -0.2) is 39.4 Å². The quantitative estimate of drug-likeness (QED) is 0.806. The Morgan fingerprint density at radius 2 is 2.28 bits per heavy atom. The normalized spacial score (nSPS) is 12.6. The first-order valence-electron chi connectivity index (χ1n) is 6.02. The number of imidazole rings is 2. The van der Waals surface area contributed by atoms with Crippen LogP contribution in [-0.2, 0) is 11.3 Å². The lowest BCUT2D eigenvalue weighted by atomic mass is 10.3. The molecule has 18 heavy (non-hydrogen) atoms. The van der Waals surface area contributed by atoms with E-state index in [4.69, 9.17) is 4.74 Å². The monoisotopic (exact) mass is 249 g/mol. The van der Waals surface area contributed by atoms with Gasteiger partial charge in [0.1, 0.15) is 0 Å². The summed E-state index contributed by atoms with van der Waals surface area (Å²) in [4.78, 5) is 8.32. The van der Waals surface area contributed by atoms with Gasteiger partial charge in [0.25, 0.3) is 0 Å². The highest BCUT2D eigenvalue weighted by molar-refractivity contribution is 5.26. The van der Waals surface area contributed by atoms with Crippen molar-refractivity contribution >= 4 is 5.95 Å². The molecule has 0 aliphatic rings. The third kappa shape index (κ3) is 3.10. The smallest absolute Gasteiger partial charge is 0.203 e. The number of hydrogen-bond acceptors (Lipinski definition) is 4. The molecule has 0 saturated heterocycles. The molecule has 1 N–H and O–H groups in total. The highest BCUT2D eigenvalue weighted by Gasteiger charge is 2.08. The molecule has 6 heteroatoms. The molecule has 0 radical (unpaired) electrons. The van der Waals surface area contributed by atoms with Crippen molar-refractivity contribution in [2.24, 2.45) is 0 Å². The average molecular weight is 249 g/mol. The first kappa shape index (κ1) is 12.6. The molecule has 0 aromatic carbocycles. The standard InChI is InChI=1S/C12H19N5O/c1-11(9-18-2)17-8-5-15-12(17)14-4-7-16-6-3-13-10-16/h3,5-6,8,10-11H,4,7,9H2,1-2H3,(H,14,15). The molecular weight excluding hydrogens is 230 g/mol. The molecular formula is C12H19N5O.